The monoisotopic (exact) mass is 346 g/mol. The number of nitrogens with one attached hydrogen (secondary N) is 1. The third kappa shape index (κ3) is 3.61. The summed E-state index contributed by atoms with van der Waals surface area (Å²) < 4.78 is 55.6. The van der Waals surface area contributed by atoms with Gasteiger partial charge in [-0.2, -0.15) is 8.78 Å². The van der Waals surface area contributed by atoms with Gasteiger partial charge in [0, 0.05) is 30.4 Å². The lowest BCUT2D eigenvalue weighted by Gasteiger charge is -2.48. The maximum atomic E-state index is 13.3. The average molecular weight is 346 g/mol. The van der Waals surface area contributed by atoms with Gasteiger partial charge < -0.3 is 15.0 Å². The lowest BCUT2D eigenvalue weighted by atomic mass is 9.86. The third-order valence-electron chi connectivity index (χ3n) is 4.88. The molecule has 1 aliphatic heterocycles. The Morgan fingerprint density at radius 1 is 1.17 bits per heavy atom. The number of halogens is 4. The summed E-state index contributed by atoms with van der Waals surface area (Å²) in [6.45, 7) is -0.339. The summed E-state index contributed by atoms with van der Waals surface area (Å²) in [4.78, 5) is 2.14. The van der Waals surface area contributed by atoms with Gasteiger partial charge in [-0.1, -0.05) is 12.8 Å². The van der Waals surface area contributed by atoms with Crippen LogP contribution in [-0.2, 0) is 0 Å². The average Bonchev–Trinajstić information content (AvgIpc) is 2.53. The number of benzene rings is 1. The van der Waals surface area contributed by atoms with E-state index in [1.807, 2.05) is 0 Å². The van der Waals surface area contributed by atoms with Gasteiger partial charge in [-0.15, -0.1) is 0 Å². The summed E-state index contributed by atoms with van der Waals surface area (Å²) >= 11 is 0. The van der Waals surface area contributed by atoms with Crippen molar-refractivity contribution in [3.63, 3.8) is 0 Å². The van der Waals surface area contributed by atoms with Crippen LogP contribution in [0.1, 0.15) is 44.6 Å². The predicted octanol–water partition coefficient (Wildman–Crippen LogP) is 4.33. The summed E-state index contributed by atoms with van der Waals surface area (Å²) in [5, 5.41) is 3.58. The van der Waals surface area contributed by atoms with Gasteiger partial charge in [0.05, 0.1) is 5.56 Å². The Kier molecular flexibility index (Phi) is 5.18. The van der Waals surface area contributed by atoms with Crippen LogP contribution in [0.15, 0.2) is 18.2 Å². The van der Waals surface area contributed by atoms with Crippen LogP contribution in [0.25, 0.3) is 0 Å². The number of fused-ring (bicyclic) bond motifs is 1. The van der Waals surface area contributed by atoms with Crippen LogP contribution in [0.5, 0.6) is 5.75 Å². The van der Waals surface area contributed by atoms with E-state index in [4.69, 9.17) is 0 Å². The Bertz CT molecular complexity index is 570. The van der Waals surface area contributed by atoms with Gasteiger partial charge in [-0.25, -0.2) is 8.78 Å². The molecule has 0 bridgehead atoms. The number of hydrogen-bond donors (Lipinski definition) is 1. The molecular formula is C17H22F4N2O. The molecule has 7 heteroatoms. The fourth-order valence-electron chi connectivity index (χ4n) is 3.91. The molecule has 2 aliphatic rings. The number of hydrogen-bond acceptors (Lipinski definition) is 3. The molecule has 134 valence electrons. The van der Waals surface area contributed by atoms with Crippen LogP contribution in [0.3, 0.4) is 0 Å². The summed E-state index contributed by atoms with van der Waals surface area (Å²) in [6.07, 6.45) is 1.49. The number of alkyl halides is 4. The van der Waals surface area contributed by atoms with E-state index in [0.29, 0.717) is 18.3 Å². The fraction of sp³-hybridized carbons (Fsp3) is 0.647. The SMILES string of the molecule is C[C@@H]1CN(c2ccc(OC(F)F)c(C(F)F)c2)[C@@H]2CCCC[C@H]2N1. The number of nitrogens with zero attached hydrogens (tertiary/aromatic N) is 1. The lowest BCUT2D eigenvalue weighted by molar-refractivity contribution is -0.0519. The zero-order valence-corrected chi connectivity index (χ0v) is 13.5. The summed E-state index contributed by atoms with van der Waals surface area (Å²) in [7, 11) is 0. The van der Waals surface area contributed by atoms with E-state index in [9.17, 15) is 17.6 Å². The van der Waals surface area contributed by atoms with Crippen LogP contribution in [-0.4, -0.2) is 31.3 Å². The third-order valence-corrected chi connectivity index (χ3v) is 4.88. The Morgan fingerprint density at radius 3 is 2.62 bits per heavy atom. The van der Waals surface area contributed by atoms with E-state index in [1.165, 1.54) is 12.1 Å². The number of anilines is 1. The summed E-state index contributed by atoms with van der Waals surface area (Å²) in [6, 6.07) is 4.97. The molecule has 1 heterocycles. The zero-order valence-electron chi connectivity index (χ0n) is 13.5. The van der Waals surface area contributed by atoms with Gasteiger partial charge in [0.15, 0.2) is 0 Å². The molecule has 0 aromatic heterocycles. The van der Waals surface area contributed by atoms with Crippen molar-refractivity contribution in [2.24, 2.45) is 0 Å². The van der Waals surface area contributed by atoms with Gasteiger partial charge >= 0.3 is 6.61 Å². The first kappa shape index (κ1) is 17.3. The smallest absolute Gasteiger partial charge is 0.387 e. The molecule has 0 spiro atoms. The summed E-state index contributed by atoms with van der Waals surface area (Å²) in [5.74, 6) is -0.452. The quantitative estimate of drug-likeness (QED) is 0.821. The maximum Gasteiger partial charge on any atom is 0.387 e. The first-order valence-electron chi connectivity index (χ1n) is 8.35. The van der Waals surface area contributed by atoms with Crippen molar-refractivity contribution in [1.82, 2.24) is 5.32 Å². The normalized spacial score (nSPS) is 27.5. The van der Waals surface area contributed by atoms with Crippen molar-refractivity contribution >= 4 is 5.69 Å². The van der Waals surface area contributed by atoms with E-state index < -0.39 is 24.3 Å². The van der Waals surface area contributed by atoms with E-state index in [0.717, 1.165) is 25.7 Å². The van der Waals surface area contributed by atoms with E-state index in [-0.39, 0.29) is 12.1 Å². The first-order valence-corrected chi connectivity index (χ1v) is 8.35. The van der Waals surface area contributed by atoms with Crippen molar-refractivity contribution in [1.29, 1.82) is 0 Å². The largest absolute Gasteiger partial charge is 0.434 e. The highest BCUT2D eigenvalue weighted by atomic mass is 19.3. The highest BCUT2D eigenvalue weighted by Gasteiger charge is 2.36. The van der Waals surface area contributed by atoms with Gasteiger partial charge in [-0.05, 0) is 38.0 Å². The summed E-state index contributed by atoms with van der Waals surface area (Å²) in [5.41, 5.74) is 0.170. The molecule has 3 nitrogen and oxygen atoms in total. The minimum atomic E-state index is -3.12. The number of rotatable bonds is 4. The van der Waals surface area contributed by atoms with Crippen molar-refractivity contribution < 1.29 is 22.3 Å². The van der Waals surface area contributed by atoms with Crippen LogP contribution in [0.4, 0.5) is 23.2 Å². The Morgan fingerprint density at radius 2 is 1.92 bits per heavy atom. The molecule has 1 aliphatic carbocycles. The van der Waals surface area contributed by atoms with Crippen LogP contribution >= 0.6 is 0 Å². The Balaban J connectivity index is 1.91. The topological polar surface area (TPSA) is 24.5 Å². The van der Waals surface area contributed by atoms with E-state index in [2.05, 4.69) is 21.9 Å². The molecule has 0 amide bonds. The Labute approximate surface area is 139 Å². The molecular weight excluding hydrogens is 324 g/mol. The van der Waals surface area contributed by atoms with Crippen molar-refractivity contribution in [2.45, 2.75) is 63.8 Å². The van der Waals surface area contributed by atoms with E-state index >= 15 is 0 Å². The molecule has 1 saturated heterocycles. The van der Waals surface area contributed by atoms with Gasteiger partial charge in [0.1, 0.15) is 5.75 Å². The number of piperazine rings is 1. The Hall–Kier alpha value is -1.50. The highest BCUT2D eigenvalue weighted by molar-refractivity contribution is 5.55. The van der Waals surface area contributed by atoms with Gasteiger partial charge in [0.25, 0.3) is 6.43 Å². The molecule has 24 heavy (non-hydrogen) atoms. The zero-order chi connectivity index (χ0) is 17.3. The molecule has 0 radical (unpaired) electrons. The fourth-order valence-corrected chi connectivity index (χ4v) is 3.91. The highest BCUT2D eigenvalue weighted by Crippen LogP contribution is 2.37. The van der Waals surface area contributed by atoms with Crippen LogP contribution in [0.2, 0.25) is 0 Å². The van der Waals surface area contributed by atoms with Gasteiger partial charge in [0.2, 0.25) is 0 Å². The number of ether oxygens (including phenoxy) is 1. The minimum Gasteiger partial charge on any atom is -0.434 e. The van der Waals surface area contributed by atoms with Gasteiger partial charge in [-0.3, -0.25) is 0 Å². The molecule has 3 atom stereocenters. The standard InChI is InChI=1S/C17H22F4N2O/c1-10-9-23(14-5-3-2-4-13(14)22-10)11-6-7-15(24-17(20)21)12(8-11)16(18)19/h6-8,10,13-14,16-17,22H,2-5,9H2,1H3/t10-,13-,14-/m1/s1. The maximum absolute atomic E-state index is 13.3. The molecule has 3 rings (SSSR count). The molecule has 1 aromatic rings. The molecule has 0 unspecified atom stereocenters. The first-order chi connectivity index (χ1) is 11.5. The minimum absolute atomic E-state index is 0.247. The predicted molar refractivity (Wildman–Crippen MR) is 84.0 cm³/mol. The molecule has 1 saturated carbocycles. The van der Waals surface area contributed by atoms with Crippen molar-refractivity contribution in [3.05, 3.63) is 23.8 Å². The lowest BCUT2D eigenvalue weighted by Crippen LogP contribution is -2.62. The van der Waals surface area contributed by atoms with Crippen molar-refractivity contribution in [3.8, 4) is 5.75 Å². The molecule has 2 fully saturated rings. The molecule has 1 N–H and O–H groups in total. The van der Waals surface area contributed by atoms with E-state index in [1.54, 1.807) is 6.07 Å². The second-order valence-corrected chi connectivity index (χ2v) is 6.58. The second-order valence-electron chi connectivity index (χ2n) is 6.58. The van der Waals surface area contributed by atoms with Crippen LogP contribution < -0.4 is 15.0 Å². The van der Waals surface area contributed by atoms with Crippen LogP contribution in [0, 0.1) is 0 Å². The van der Waals surface area contributed by atoms with Crippen molar-refractivity contribution in [2.75, 3.05) is 11.4 Å². The molecule has 1 aromatic carbocycles. The second kappa shape index (κ2) is 7.17.